The normalized spacial score (nSPS) is 16.1. The third-order valence-corrected chi connectivity index (χ3v) is 7.53. The first-order valence-electron chi connectivity index (χ1n) is 12.6. The van der Waals surface area contributed by atoms with Gasteiger partial charge in [0, 0.05) is 76.8 Å². The number of hydrogen-bond donors (Lipinski definition) is 2. The minimum Gasteiger partial charge on any atom is -0.367 e. The fourth-order valence-electron chi connectivity index (χ4n) is 5.17. The number of fused-ring (bicyclic) bond motifs is 1. The number of carbonyl (C=O) groups excluding carboxylic acids is 2. The van der Waals surface area contributed by atoms with Crippen molar-refractivity contribution in [3.8, 4) is 11.1 Å². The second kappa shape index (κ2) is 10.4. The molecular formula is C28H30ClF2N5O2. The van der Waals surface area contributed by atoms with Gasteiger partial charge in [0.15, 0.2) is 5.82 Å². The highest BCUT2D eigenvalue weighted by atomic mass is 35.5. The topological polar surface area (TPSA) is 71.7 Å². The zero-order valence-electron chi connectivity index (χ0n) is 21.6. The Kier molecular flexibility index (Phi) is 7.15. The number of piperazine rings is 1. The van der Waals surface area contributed by atoms with Crippen molar-refractivity contribution < 1.29 is 18.4 Å². The van der Waals surface area contributed by atoms with Crippen LogP contribution in [0.2, 0.25) is 5.02 Å². The van der Waals surface area contributed by atoms with E-state index in [1.807, 2.05) is 11.0 Å². The number of benzene rings is 2. The Hall–Kier alpha value is -3.43. The number of rotatable bonds is 4. The van der Waals surface area contributed by atoms with Gasteiger partial charge in [-0.25, -0.2) is 8.78 Å². The lowest BCUT2D eigenvalue weighted by atomic mass is 9.93. The Bertz CT molecular complexity index is 1460. The van der Waals surface area contributed by atoms with Crippen molar-refractivity contribution in [1.82, 2.24) is 20.1 Å². The summed E-state index contributed by atoms with van der Waals surface area (Å²) < 4.78 is 31.5. The number of H-pyrrole nitrogens is 1. The summed E-state index contributed by atoms with van der Waals surface area (Å²) in [4.78, 5) is 32.7. The van der Waals surface area contributed by atoms with Crippen LogP contribution in [0.3, 0.4) is 0 Å². The van der Waals surface area contributed by atoms with Crippen LogP contribution in [-0.2, 0) is 4.79 Å². The van der Waals surface area contributed by atoms with Gasteiger partial charge in [-0.15, -0.1) is 0 Å². The summed E-state index contributed by atoms with van der Waals surface area (Å²) in [6, 6.07) is 6.22. The van der Waals surface area contributed by atoms with Crippen molar-refractivity contribution in [2.24, 2.45) is 0 Å². The predicted octanol–water partition coefficient (Wildman–Crippen LogP) is 4.51. The van der Waals surface area contributed by atoms with E-state index in [-0.39, 0.29) is 35.1 Å². The largest absolute Gasteiger partial charge is 0.367 e. The molecule has 3 heterocycles. The molecule has 2 amide bonds. The second-order valence-electron chi connectivity index (χ2n) is 9.94. The minimum atomic E-state index is -0.535. The molecule has 2 N–H and O–H groups in total. The number of amides is 2. The zero-order valence-corrected chi connectivity index (χ0v) is 22.4. The van der Waals surface area contributed by atoms with Crippen molar-refractivity contribution in [2.75, 3.05) is 58.3 Å². The summed E-state index contributed by atoms with van der Waals surface area (Å²) in [5.41, 5.74) is 2.59. The molecule has 0 atom stereocenters. The molecule has 1 saturated heterocycles. The van der Waals surface area contributed by atoms with Crippen molar-refractivity contribution in [3.05, 3.63) is 58.3 Å². The van der Waals surface area contributed by atoms with Crippen LogP contribution in [0.15, 0.2) is 30.3 Å². The number of halogens is 3. The highest BCUT2D eigenvalue weighted by molar-refractivity contribution is 6.34. The fraction of sp³-hybridized carbons (Fsp3) is 0.357. The molecule has 2 aromatic carbocycles. The van der Waals surface area contributed by atoms with Gasteiger partial charge in [-0.3, -0.25) is 9.59 Å². The van der Waals surface area contributed by atoms with E-state index in [0.717, 1.165) is 13.1 Å². The van der Waals surface area contributed by atoms with Crippen LogP contribution in [0.5, 0.6) is 0 Å². The van der Waals surface area contributed by atoms with Gasteiger partial charge < -0.3 is 25.0 Å². The highest BCUT2D eigenvalue weighted by Gasteiger charge is 2.26. The van der Waals surface area contributed by atoms with Crippen molar-refractivity contribution in [1.29, 1.82) is 0 Å². The number of nitrogens with zero attached hydrogens (tertiary/aromatic N) is 3. The number of nitrogens with one attached hydrogen (secondary N) is 2. The van der Waals surface area contributed by atoms with E-state index in [1.54, 1.807) is 37.2 Å². The van der Waals surface area contributed by atoms with Crippen molar-refractivity contribution in [2.45, 2.75) is 13.3 Å². The Labute approximate surface area is 225 Å². The minimum absolute atomic E-state index is 0.0929. The SMILES string of the molecule is CC(=O)N1CCC=C(c2cc(-c3cc(F)c(N4CCNCC4)cc3Cl)c3cc(C(=O)N(C)C)[nH]c3c2F)C1. The van der Waals surface area contributed by atoms with Crippen LogP contribution < -0.4 is 10.2 Å². The van der Waals surface area contributed by atoms with E-state index in [2.05, 4.69) is 10.3 Å². The molecular weight excluding hydrogens is 512 g/mol. The van der Waals surface area contributed by atoms with Gasteiger partial charge in [0.05, 0.1) is 16.2 Å². The van der Waals surface area contributed by atoms with E-state index in [9.17, 15) is 9.59 Å². The van der Waals surface area contributed by atoms with Crippen LogP contribution in [0, 0.1) is 11.6 Å². The molecule has 3 aromatic rings. The summed E-state index contributed by atoms with van der Waals surface area (Å²) in [6.45, 7) is 5.12. The number of anilines is 1. The lowest BCUT2D eigenvalue weighted by molar-refractivity contribution is -0.128. The molecule has 0 saturated carbocycles. The van der Waals surface area contributed by atoms with Crippen LogP contribution in [0.4, 0.5) is 14.5 Å². The van der Waals surface area contributed by atoms with E-state index < -0.39 is 11.6 Å². The van der Waals surface area contributed by atoms with Crippen LogP contribution in [0.25, 0.3) is 27.6 Å². The quantitative estimate of drug-likeness (QED) is 0.510. The van der Waals surface area contributed by atoms with E-state index in [0.29, 0.717) is 58.9 Å². The first-order valence-corrected chi connectivity index (χ1v) is 13.0. The predicted molar refractivity (Wildman–Crippen MR) is 147 cm³/mol. The third-order valence-electron chi connectivity index (χ3n) is 7.22. The average molecular weight is 542 g/mol. The van der Waals surface area contributed by atoms with Crippen molar-refractivity contribution in [3.63, 3.8) is 0 Å². The second-order valence-corrected chi connectivity index (χ2v) is 10.3. The summed E-state index contributed by atoms with van der Waals surface area (Å²) in [7, 11) is 3.22. The maximum absolute atomic E-state index is 16.0. The number of carbonyl (C=O) groups is 2. The lowest BCUT2D eigenvalue weighted by Gasteiger charge is -2.30. The van der Waals surface area contributed by atoms with E-state index in [4.69, 9.17) is 11.6 Å². The molecule has 5 rings (SSSR count). The van der Waals surface area contributed by atoms with Gasteiger partial charge in [-0.05, 0) is 41.8 Å². The zero-order chi connectivity index (χ0) is 27.1. The van der Waals surface area contributed by atoms with Crippen LogP contribution in [-0.4, -0.2) is 80.0 Å². The highest BCUT2D eigenvalue weighted by Crippen LogP contribution is 2.41. The molecule has 7 nitrogen and oxygen atoms in total. The standard InChI is InChI=1S/C28H30ClF2N5O2/c1-16(37)36-8-4-5-17(15-36)18-11-19(21-13-24(28(38)34(2)3)33-27(21)26(18)31)20-12-23(30)25(14-22(20)29)35-9-6-32-7-10-35/h5,11-14,32-33H,4,6-10,15H2,1-3H3. The van der Waals surface area contributed by atoms with Crippen molar-refractivity contribution >= 4 is 45.6 Å². The van der Waals surface area contributed by atoms with Gasteiger partial charge in [0.25, 0.3) is 5.91 Å². The van der Waals surface area contributed by atoms with Crippen LogP contribution in [0.1, 0.15) is 29.4 Å². The Morgan fingerprint density at radius 3 is 2.42 bits per heavy atom. The Morgan fingerprint density at radius 1 is 1.00 bits per heavy atom. The lowest BCUT2D eigenvalue weighted by Crippen LogP contribution is -2.43. The van der Waals surface area contributed by atoms with Gasteiger partial charge in [-0.2, -0.15) is 0 Å². The molecule has 0 unspecified atom stereocenters. The molecule has 1 aromatic heterocycles. The third kappa shape index (κ3) is 4.76. The summed E-state index contributed by atoms with van der Waals surface area (Å²) in [5.74, 6) is -1.37. The Balaban J connectivity index is 1.70. The fourth-order valence-corrected chi connectivity index (χ4v) is 5.43. The number of aromatic amines is 1. The van der Waals surface area contributed by atoms with E-state index in [1.165, 1.54) is 17.9 Å². The molecule has 1 fully saturated rings. The van der Waals surface area contributed by atoms with Gasteiger partial charge in [0.2, 0.25) is 5.91 Å². The first kappa shape index (κ1) is 26.2. The molecule has 10 heteroatoms. The molecule has 2 aliphatic heterocycles. The molecule has 0 spiro atoms. The molecule has 2 aliphatic rings. The van der Waals surface area contributed by atoms with E-state index >= 15 is 8.78 Å². The smallest absolute Gasteiger partial charge is 0.269 e. The van der Waals surface area contributed by atoms with Gasteiger partial charge >= 0.3 is 0 Å². The summed E-state index contributed by atoms with van der Waals surface area (Å²) >= 11 is 6.76. The number of hydrogen-bond acceptors (Lipinski definition) is 4. The molecule has 0 aliphatic carbocycles. The monoisotopic (exact) mass is 541 g/mol. The molecule has 200 valence electrons. The Morgan fingerprint density at radius 2 is 1.74 bits per heavy atom. The molecule has 0 bridgehead atoms. The van der Waals surface area contributed by atoms with Gasteiger partial charge in [-0.1, -0.05) is 17.7 Å². The molecule has 38 heavy (non-hydrogen) atoms. The maximum atomic E-state index is 16.0. The average Bonchev–Trinajstić information content (AvgIpc) is 3.36. The number of aromatic nitrogens is 1. The van der Waals surface area contributed by atoms with Crippen LogP contribution >= 0.6 is 11.6 Å². The summed E-state index contributed by atoms with van der Waals surface area (Å²) in [5, 5.41) is 4.00. The van der Waals surface area contributed by atoms with Gasteiger partial charge in [0.1, 0.15) is 11.5 Å². The first-order chi connectivity index (χ1) is 18.2. The molecule has 0 radical (unpaired) electrons. The summed E-state index contributed by atoms with van der Waals surface area (Å²) in [6.07, 6.45) is 2.50. The maximum Gasteiger partial charge on any atom is 0.269 e.